The van der Waals surface area contributed by atoms with Crippen LogP contribution in [-0.4, -0.2) is 12.2 Å². The fraction of sp³-hybridized carbons (Fsp3) is 0.250. The average Bonchev–Trinajstić information content (AvgIpc) is 2.47. The van der Waals surface area contributed by atoms with Crippen LogP contribution in [0.25, 0.3) is 0 Å². The Hall–Kier alpha value is -1.52. The molecule has 0 radical (unpaired) electrons. The normalized spacial score (nSPS) is 20.9. The number of methoxy groups -OCH3 is 1. The lowest BCUT2D eigenvalue weighted by Gasteiger charge is -2.30. The summed E-state index contributed by atoms with van der Waals surface area (Å²) in [6, 6.07) is 13.5. The van der Waals surface area contributed by atoms with Crippen LogP contribution in [0.3, 0.4) is 0 Å². The average molecular weight is 335 g/mol. The lowest BCUT2D eigenvalue weighted by molar-refractivity contribution is 0.0654. The lowest BCUT2D eigenvalue weighted by Crippen LogP contribution is -2.19. The molecule has 0 aromatic heterocycles. The van der Waals surface area contributed by atoms with Crippen LogP contribution in [0.4, 0.5) is 0 Å². The van der Waals surface area contributed by atoms with Crippen LogP contribution in [0.1, 0.15) is 29.8 Å². The summed E-state index contributed by atoms with van der Waals surface area (Å²) < 4.78 is 12.2. The van der Waals surface area contributed by atoms with Crippen LogP contribution in [-0.2, 0) is 0 Å². The number of benzene rings is 2. The van der Waals surface area contributed by atoms with Gasteiger partial charge in [-0.15, -0.1) is 0 Å². The van der Waals surface area contributed by atoms with Gasteiger partial charge in [-0.3, -0.25) is 0 Å². The number of aliphatic hydroxyl groups is 1. The molecule has 1 aliphatic rings. The SMILES string of the molecule is COc1ccc2c(c1)[C@H](O)CC(c1ccc(Br)cc1)O2. The molecule has 104 valence electrons. The van der Waals surface area contributed by atoms with Crippen molar-refractivity contribution in [2.24, 2.45) is 0 Å². The molecule has 1 aliphatic heterocycles. The predicted octanol–water partition coefficient (Wildman–Crippen LogP) is 4.01. The summed E-state index contributed by atoms with van der Waals surface area (Å²) in [5.41, 5.74) is 1.85. The first kappa shape index (κ1) is 13.5. The lowest BCUT2D eigenvalue weighted by atomic mass is 9.95. The third kappa shape index (κ3) is 2.53. The van der Waals surface area contributed by atoms with Crippen molar-refractivity contribution in [2.45, 2.75) is 18.6 Å². The number of rotatable bonds is 2. The van der Waals surface area contributed by atoms with Gasteiger partial charge in [-0.2, -0.15) is 0 Å². The van der Waals surface area contributed by atoms with Crippen molar-refractivity contribution in [2.75, 3.05) is 7.11 Å². The van der Waals surface area contributed by atoms with Gasteiger partial charge in [-0.1, -0.05) is 28.1 Å². The smallest absolute Gasteiger partial charge is 0.127 e. The van der Waals surface area contributed by atoms with Gasteiger partial charge in [0.15, 0.2) is 0 Å². The molecule has 0 amide bonds. The highest BCUT2D eigenvalue weighted by Gasteiger charge is 2.28. The minimum atomic E-state index is -0.539. The molecule has 20 heavy (non-hydrogen) atoms. The van der Waals surface area contributed by atoms with E-state index in [4.69, 9.17) is 9.47 Å². The van der Waals surface area contributed by atoms with Gasteiger partial charge in [0.2, 0.25) is 0 Å². The van der Waals surface area contributed by atoms with Crippen molar-refractivity contribution in [3.8, 4) is 11.5 Å². The Morgan fingerprint density at radius 1 is 1.20 bits per heavy atom. The molecule has 3 nitrogen and oxygen atoms in total. The van der Waals surface area contributed by atoms with E-state index in [-0.39, 0.29) is 6.10 Å². The van der Waals surface area contributed by atoms with Gasteiger partial charge >= 0.3 is 0 Å². The highest BCUT2D eigenvalue weighted by atomic mass is 79.9. The standard InChI is InChI=1S/C16H15BrO3/c1-19-12-6-7-15-13(8-12)14(18)9-16(20-15)10-2-4-11(17)5-3-10/h2-8,14,16,18H,9H2,1H3/t14-,16?/m1/s1. The Balaban J connectivity index is 1.90. The minimum absolute atomic E-state index is 0.126. The number of hydrogen-bond donors (Lipinski definition) is 1. The summed E-state index contributed by atoms with van der Waals surface area (Å²) in [7, 11) is 1.61. The van der Waals surface area contributed by atoms with E-state index in [0.717, 1.165) is 27.1 Å². The zero-order valence-corrected chi connectivity index (χ0v) is 12.6. The largest absolute Gasteiger partial charge is 0.497 e. The van der Waals surface area contributed by atoms with E-state index < -0.39 is 6.10 Å². The number of halogens is 1. The van der Waals surface area contributed by atoms with Crippen LogP contribution in [0.15, 0.2) is 46.9 Å². The second kappa shape index (κ2) is 5.46. The highest BCUT2D eigenvalue weighted by Crippen LogP contribution is 2.42. The fourth-order valence-electron chi connectivity index (χ4n) is 2.43. The summed E-state index contributed by atoms with van der Waals surface area (Å²) in [4.78, 5) is 0. The van der Waals surface area contributed by atoms with E-state index in [9.17, 15) is 5.11 Å². The monoisotopic (exact) mass is 334 g/mol. The second-order valence-corrected chi connectivity index (χ2v) is 5.73. The maximum absolute atomic E-state index is 10.3. The number of aliphatic hydroxyl groups excluding tert-OH is 1. The topological polar surface area (TPSA) is 38.7 Å². The molecular weight excluding hydrogens is 320 g/mol. The van der Waals surface area contributed by atoms with Crippen LogP contribution < -0.4 is 9.47 Å². The van der Waals surface area contributed by atoms with Crippen LogP contribution in [0.2, 0.25) is 0 Å². The first-order chi connectivity index (χ1) is 9.67. The van der Waals surface area contributed by atoms with Crippen LogP contribution >= 0.6 is 15.9 Å². The predicted molar refractivity (Wildman–Crippen MR) is 80.1 cm³/mol. The Morgan fingerprint density at radius 3 is 2.65 bits per heavy atom. The summed E-state index contributed by atoms with van der Waals surface area (Å²) >= 11 is 3.42. The first-order valence-corrected chi connectivity index (χ1v) is 7.25. The zero-order valence-electron chi connectivity index (χ0n) is 11.0. The van der Waals surface area contributed by atoms with Crippen molar-refractivity contribution in [3.63, 3.8) is 0 Å². The Labute approximate surface area is 126 Å². The third-order valence-corrected chi connectivity index (χ3v) is 4.05. The third-order valence-electron chi connectivity index (χ3n) is 3.52. The maximum Gasteiger partial charge on any atom is 0.127 e. The summed E-state index contributed by atoms with van der Waals surface area (Å²) in [6.07, 6.45) is -0.122. The highest BCUT2D eigenvalue weighted by molar-refractivity contribution is 9.10. The summed E-state index contributed by atoms with van der Waals surface area (Å²) in [6.45, 7) is 0. The van der Waals surface area contributed by atoms with Crippen molar-refractivity contribution in [1.82, 2.24) is 0 Å². The maximum atomic E-state index is 10.3. The van der Waals surface area contributed by atoms with E-state index in [1.165, 1.54) is 0 Å². The van der Waals surface area contributed by atoms with Crippen LogP contribution in [0, 0.1) is 0 Å². The van der Waals surface area contributed by atoms with Crippen molar-refractivity contribution in [3.05, 3.63) is 58.1 Å². The molecule has 0 saturated carbocycles. The molecule has 2 aromatic carbocycles. The molecular formula is C16H15BrO3. The van der Waals surface area contributed by atoms with Gasteiger partial charge in [-0.25, -0.2) is 0 Å². The molecule has 0 spiro atoms. The zero-order chi connectivity index (χ0) is 14.1. The molecule has 1 heterocycles. The molecule has 1 N–H and O–H groups in total. The van der Waals surface area contributed by atoms with E-state index in [2.05, 4.69) is 15.9 Å². The second-order valence-electron chi connectivity index (χ2n) is 4.81. The van der Waals surface area contributed by atoms with Crippen molar-refractivity contribution < 1.29 is 14.6 Å². The molecule has 0 bridgehead atoms. The molecule has 2 aromatic rings. The van der Waals surface area contributed by atoms with E-state index in [1.807, 2.05) is 42.5 Å². The Bertz CT molecular complexity index is 610. The van der Waals surface area contributed by atoms with Crippen LogP contribution in [0.5, 0.6) is 11.5 Å². The summed E-state index contributed by atoms with van der Waals surface area (Å²) in [5.74, 6) is 1.45. The van der Waals surface area contributed by atoms with Gasteiger partial charge in [0.25, 0.3) is 0 Å². The molecule has 3 rings (SSSR count). The van der Waals surface area contributed by atoms with Crippen molar-refractivity contribution in [1.29, 1.82) is 0 Å². The number of fused-ring (bicyclic) bond motifs is 1. The first-order valence-electron chi connectivity index (χ1n) is 6.45. The van der Waals surface area contributed by atoms with Gasteiger partial charge in [0.1, 0.15) is 17.6 Å². The Morgan fingerprint density at radius 2 is 1.95 bits per heavy atom. The molecule has 4 heteroatoms. The van der Waals surface area contributed by atoms with E-state index in [0.29, 0.717) is 6.42 Å². The molecule has 1 unspecified atom stereocenters. The summed E-state index contributed by atoms with van der Waals surface area (Å²) in [5, 5.41) is 10.3. The quantitative estimate of drug-likeness (QED) is 0.901. The van der Waals surface area contributed by atoms with E-state index >= 15 is 0 Å². The molecule has 0 fully saturated rings. The number of ether oxygens (including phenoxy) is 2. The Kier molecular flexibility index (Phi) is 3.68. The number of hydrogen-bond acceptors (Lipinski definition) is 3. The van der Waals surface area contributed by atoms with Gasteiger partial charge in [-0.05, 0) is 35.9 Å². The van der Waals surface area contributed by atoms with Gasteiger partial charge < -0.3 is 14.6 Å². The van der Waals surface area contributed by atoms with Gasteiger partial charge in [0, 0.05) is 16.5 Å². The molecule has 0 saturated heterocycles. The molecule has 0 aliphatic carbocycles. The van der Waals surface area contributed by atoms with Gasteiger partial charge in [0.05, 0.1) is 13.2 Å². The van der Waals surface area contributed by atoms with Crippen molar-refractivity contribution >= 4 is 15.9 Å². The molecule has 2 atom stereocenters. The fourth-order valence-corrected chi connectivity index (χ4v) is 2.70. The minimum Gasteiger partial charge on any atom is -0.497 e. The van der Waals surface area contributed by atoms with E-state index in [1.54, 1.807) is 7.11 Å².